The van der Waals surface area contributed by atoms with Gasteiger partial charge in [0.2, 0.25) is 5.91 Å². The second-order valence-electron chi connectivity index (χ2n) is 6.98. The van der Waals surface area contributed by atoms with Crippen LogP contribution in [0, 0.1) is 6.92 Å². The van der Waals surface area contributed by atoms with Gasteiger partial charge in [0, 0.05) is 25.0 Å². The first-order valence-electron chi connectivity index (χ1n) is 8.37. The Kier molecular flexibility index (Phi) is 4.47. The first kappa shape index (κ1) is 17.3. The van der Waals surface area contributed by atoms with E-state index in [2.05, 4.69) is 20.9 Å². The van der Waals surface area contributed by atoms with Crippen LogP contribution in [0.25, 0.3) is 0 Å². The van der Waals surface area contributed by atoms with Crippen LogP contribution in [0.4, 0.5) is 4.79 Å². The summed E-state index contributed by atoms with van der Waals surface area (Å²) in [6, 6.07) is -0.536. The molecular formula is C17H23N5O3. The number of carbonyl (C=O) groups is 3. The maximum Gasteiger partial charge on any atom is 0.325 e. The molecule has 2 aliphatic heterocycles. The van der Waals surface area contributed by atoms with Gasteiger partial charge in [0.15, 0.2) is 0 Å². The second-order valence-corrected chi connectivity index (χ2v) is 6.98. The molecule has 3 heterocycles. The normalized spacial score (nSPS) is 18.8. The lowest BCUT2D eigenvalue weighted by atomic mass is 9.96. The van der Waals surface area contributed by atoms with Crippen molar-refractivity contribution in [3.63, 3.8) is 0 Å². The molecule has 0 spiro atoms. The zero-order chi connectivity index (χ0) is 18.2. The van der Waals surface area contributed by atoms with E-state index < -0.39 is 17.5 Å². The maximum atomic E-state index is 12.2. The predicted octanol–water partition coefficient (Wildman–Crippen LogP) is -0.0177. The molecule has 0 unspecified atom stereocenters. The van der Waals surface area contributed by atoms with Gasteiger partial charge < -0.3 is 16.0 Å². The summed E-state index contributed by atoms with van der Waals surface area (Å²) >= 11 is 0. The molecule has 1 aromatic rings. The monoisotopic (exact) mass is 345 g/mol. The molecule has 8 nitrogen and oxygen atoms in total. The number of aryl methyl sites for hydroxylation is 1. The van der Waals surface area contributed by atoms with Crippen molar-refractivity contribution in [2.45, 2.75) is 45.8 Å². The van der Waals surface area contributed by atoms with Crippen molar-refractivity contribution in [3.05, 3.63) is 28.6 Å². The third kappa shape index (κ3) is 3.34. The van der Waals surface area contributed by atoms with Gasteiger partial charge in [-0.1, -0.05) is 0 Å². The van der Waals surface area contributed by atoms with Crippen molar-refractivity contribution < 1.29 is 14.4 Å². The van der Waals surface area contributed by atoms with Gasteiger partial charge in [-0.05, 0) is 50.4 Å². The van der Waals surface area contributed by atoms with Crippen molar-refractivity contribution in [1.82, 2.24) is 25.8 Å². The largest absolute Gasteiger partial charge is 0.350 e. The molecule has 134 valence electrons. The summed E-state index contributed by atoms with van der Waals surface area (Å²) < 4.78 is 0. The van der Waals surface area contributed by atoms with Crippen LogP contribution in [-0.2, 0) is 29.1 Å². The molecular weight excluding hydrogens is 322 g/mol. The molecule has 2 aliphatic rings. The molecule has 0 radical (unpaired) electrons. The van der Waals surface area contributed by atoms with Gasteiger partial charge in [-0.2, -0.15) is 0 Å². The second kappa shape index (κ2) is 6.44. The van der Waals surface area contributed by atoms with Gasteiger partial charge in [0.1, 0.15) is 12.1 Å². The van der Waals surface area contributed by atoms with Crippen LogP contribution in [0.1, 0.15) is 36.2 Å². The highest BCUT2D eigenvalue weighted by atomic mass is 16.2. The van der Waals surface area contributed by atoms with Gasteiger partial charge in [0.25, 0.3) is 5.91 Å². The average molecular weight is 345 g/mol. The van der Waals surface area contributed by atoms with E-state index in [0.717, 1.165) is 41.2 Å². The van der Waals surface area contributed by atoms with Crippen LogP contribution >= 0.6 is 0 Å². The number of urea groups is 1. The van der Waals surface area contributed by atoms with Crippen LogP contribution < -0.4 is 16.0 Å². The Labute approximate surface area is 146 Å². The molecule has 0 atom stereocenters. The van der Waals surface area contributed by atoms with Gasteiger partial charge in [-0.25, -0.2) is 4.79 Å². The highest BCUT2D eigenvalue weighted by Gasteiger charge is 2.44. The molecule has 1 saturated heterocycles. The lowest BCUT2D eigenvalue weighted by Gasteiger charge is -2.22. The highest BCUT2D eigenvalue weighted by Crippen LogP contribution is 2.20. The Morgan fingerprint density at radius 1 is 1.40 bits per heavy atom. The molecule has 25 heavy (non-hydrogen) atoms. The lowest BCUT2D eigenvalue weighted by Crippen LogP contribution is -2.43. The van der Waals surface area contributed by atoms with Crippen molar-refractivity contribution in [2.24, 2.45) is 0 Å². The fraction of sp³-hybridized carbons (Fsp3) is 0.529. The van der Waals surface area contributed by atoms with Crippen LogP contribution in [0.5, 0.6) is 0 Å². The molecule has 0 saturated carbocycles. The Hall–Kier alpha value is -2.48. The minimum Gasteiger partial charge on any atom is -0.350 e. The van der Waals surface area contributed by atoms with Crippen molar-refractivity contribution in [3.8, 4) is 0 Å². The van der Waals surface area contributed by atoms with Crippen LogP contribution in [-0.4, -0.2) is 46.4 Å². The third-order valence-corrected chi connectivity index (χ3v) is 4.68. The number of pyridine rings is 1. The summed E-state index contributed by atoms with van der Waals surface area (Å²) in [5.74, 6) is -0.763. The minimum absolute atomic E-state index is 0.281. The van der Waals surface area contributed by atoms with Crippen LogP contribution in [0.3, 0.4) is 0 Å². The highest BCUT2D eigenvalue weighted by molar-refractivity contribution is 6.08. The summed E-state index contributed by atoms with van der Waals surface area (Å²) in [5.41, 5.74) is 3.31. The molecule has 8 heteroatoms. The third-order valence-electron chi connectivity index (χ3n) is 4.68. The van der Waals surface area contributed by atoms with E-state index in [1.807, 2.05) is 13.1 Å². The zero-order valence-corrected chi connectivity index (χ0v) is 14.7. The Balaban J connectivity index is 1.66. The molecule has 3 rings (SSSR count). The summed E-state index contributed by atoms with van der Waals surface area (Å²) in [6.45, 7) is 6.89. The number of amides is 4. The number of imide groups is 1. The van der Waals surface area contributed by atoms with Gasteiger partial charge >= 0.3 is 6.03 Å². The lowest BCUT2D eigenvalue weighted by molar-refractivity contribution is -0.134. The van der Waals surface area contributed by atoms with Gasteiger partial charge in [-0.3, -0.25) is 19.5 Å². The van der Waals surface area contributed by atoms with Crippen molar-refractivity contribution >= 4 is 17.8 Å². The SMILES string of the molecule is Cc1ncc2c(c1CNC(=O)CN1C(=O)NC(C)(C)C1=O)CCNC2. The standard InChI is InChI=1S/C17H23N5O3/c1-10-13(12-4-5-18-6-11(12)7-19-10)8-20-14(23)9-22-15(24)17(2,3)21-16(22)25/h7,18H,4-6,8-9H2,1-3H3,(H,20,23)(H,21,25). The summed E-state index contributed by atoms with van der Waals surface area (Å²) in [5, 5.41) is 8.68. The fourth-order valence-electron chi connectivity index (χ4n) is 3.23. The first-order chi connectivity index (χ1) is 11.8. The summed E-state index contributed by atoms with van der Waals surface area (Å²) in [7, 11) is 0. The first-order valence-corrected chi connectivity index (χ1v) is 8.37. The van der Waals surface area contributed by atoms with E-state index in [1.54, 1.807) is 13.8 Å². The Morgan fingerprint density at radius 2 is 2.16 bits per heavy atom. The number of nitrogens with one attached hydrogen (secondary N) is 3. The average Bonchev–Trinajstić information content (AvgIpc) is 2.76. The van der Waals surface area contributed by atoms with E-state index in [9.17, 15) is 14.4 Å². The number of hydrogen-bond acceptors (Lipinski definition) is 5. The number of rotatable bonds is 4. The molecule has 3 N–H and O–H groups in total. The summed E-state index contributed by atoms with van der Waals surface area (Å²) in [4.78, 5) is 41.6. The van der Waals surface area contributed by atoms with E-state index in [4.69, 9.17) is 0 Å². The molecule has 1 fully saturated rings. The number of nitrogens with zero attached hydrogens (tertiary/aromatic N) is 2. The zero-order valence-electron chi connectivity index (χ0n) is 14.7. The summed E-state index contributed by atoms with van der Waals surface area (Å²) in [6.07, 6.45) is 2.77. The molecule has 1 aromatic heterocycles. The van der Waals surface area contributed by atoms with E-state index >= 15 is 0 Å². The predicted molar refractivity (Wildman–Crippen MR) is 90.6 cm³/mol. The number of hydrogen-bond donors (Lipinski definition) is 3. The smallest absolute Gasteiger partial charge is 0.325 e. The van der Waals surface area contributed by atoms with E-state index in [1.165, 1.54) is 5.56 Å². The quantitative estimate of drug-likeness (QED) is 0.666. The topological polar surface area (TPSA) is 103 Å². The van der Waals surface area contributed by atoms with Gasteiger partial charge in [-0.15, -0.1) is 0 Å². The maximum absolute atomic E-state index is 12.2. The number of aromatic nitrogens is 1. The molecule has 0 aromatic carbocycles. The van der Waals surface area contributed by atoms with Gasteiger partial charge in [0.05, 0.1) is 0 Å². The van der Waals surface area contributed by atoms with Crippen LogP contribution in [0.15, 0.2) is 6.20 Å². The molecule has 4 amide bonds. The van der Waals surface area contributed by atoms with Crippen molar-refractivity contribution in [1.29, 1.82) is 0 Å². The molecule has 0 bridgehead atoms. The van der Waals surface area contributed by atoms with E-state index in [-0.39, 0.29) is 12.5 Å². The molecule has 0 aliphatic carbocycles. The van der Waals surface area contributed by atoms with Crippen LogP contribution in [0.2, 0.25) is 0 Å². The fourth-order valence-corrected chi connectivity index (χ4v) is 3.23. The number of fused-ring (bicyclic) bond motifs is 1. The van der Waals surface area contributed by atoms with Crippen molar-refractivity contribution in [2.75, 3.05) is 13.1 Å². The number of carbonyl (C=O) groups excluding carboxylic acids is 3. The van der Waals surface area contributed by atoms with E-state index in [0.29, 0.717) is 6.54 Å². The Morgan fingerprint density at radius 3 is 2.84 bits per heavy atom. The Bertz CT molecular complexity index is 744. The minimum atomic E-state index is -0.969.